The number of fused-ring (bicyclic) bond motifs is 1. The lowest BCUT2D eigenvalue weighted by Gasteiger charge is -2.04. The maximum Gasteiger partial charge on any atom is 0.253 e. The molecule has 0 aliphatic rings. The molecule has 0 atom stereocenters. The van der Waals surface area contributed by atoms with E-state index in [9.17, 15) is 0 Å². The Morgan fingerprint density at radius 3 is 2.44 bits per heavy atom. The number of hydrogen-bond acceptors (Lipinski definition) is 4. The van der Waals surface area contributed by atoms with Crippen molar-refractivity contribution < 1.29 is 0 Å². The summed E-state index contributed by atoms with van der Waals surface area (Å²) in [7, 11) is 0. The van der Waals surface area contributed by atoms with Crippen LogP contribution in [0.3, 0.4) is 0 Å². The maximum absolute atomic E-state index is 6.22. The highest BCUT2D eigenvalue weighted by Gasteiger charge is 2.12. The summed E-state index contributed by atoms with van der Waals surface area (Å²) in [6, 6.07) is 17.5. The van der Waals surface area contributed by atoms with Crippen molar-refractivity contribution in [2.24, 2.45) is 0 Å². The van der Waals surface area contributed by atoms with E-state index in [1.807, 2.05) is 54.6 Å². The molecule has 0 radical (unpaired) electrons. The van der Waals surface area contributed by atoms with Crippen LogP contribution in [0.2, 0.25) is 10.0 Å². The Morgan fingerprint density at radius 1 is 0.920 bits per heavy atom. The number of hydrogen-bond donors (Lipinski definition) is 0. The number of thioether (sulfide) groups is 1. The highest BCUT2D eigenvalue weighted by Crippen LogP contribution is 2.30. The normalized spacial score (nSPS) is 11.1. The molecule has 4 aromatic rings. The predicted octanol–water partition coefficient (Wildman–Crippen LogP) is 5.39. The third kappa shape index (κ3) is 3.35. The van der Waals surface area contributed by atoms with Crippen molar-refractivity contribution in [3.05, 3.63) is 76.4 Å². The molecule has 0 aliphatic carbocycles. The molecule has 0 spiro atoms. The van der Waals surface area contributed by atoms with E-state index in [-0.39, 0.29) is 0 Å². The minimum Gasteiger partial charge on any atom is -0.220 e. The van der Waals surface area contributed by atoms with E-state index in [1.165, 1.54) is 11.8 Å². The zero-order valence-electron chi connectivity index (χ0n) is 12.9. The first-order chi connectivity index (χ1) is 12.2. The van der Waals surface area contributed by atoms with E-state index in [0.717, 1.165) is 16.8 Å². The van der Waals surface area contributed by atoms with Crippen molar-refractivity contribution in [2.45, 2.75) is 10.9 Å². The Labute approximate surface area is 158 Å². The van der Waals surface area contributed by atoms with Gasteiger partial charge in [0, 0.05) is 27.6 Å². The first-order valence-electron chi connectivity index (χ1n) is 7.55. The summed E-state index contributed by atoms with van der Waals surface area (Å²) in [6.07, 6.45) is 1.74. The van der Waals surface area contributed by atoms with Crippen LogP contribution in [-0.4, -0.2) is 19.6 Å². The number of halogens is 2. The minimum atomic E-state index is 0.564. The van der Waals surface area contributed by atoms with Gasteiger partial charge in [-0.25, -0.2) is 4.98 Å². The van der Waals surface area contributed by atoms with Crippen molar-refractivity contribution >= 4 is 40.7 Å². The quantitative estimate of drug-likeness (QED) is 0.441. The molecule has 0 saturated heterocycles. The highest BCUT2D eigenvalue weighted by atomic mass is 35.5. The fourth-order valence-corrected chi connectivity index (χ4v) is 4.03. The van der Waals surface area contributed by atoms with Crippen LogP contribution < -0.4 is 0 Å². The van der Waals surface area contributed by atoms with Crippen LogP contribution in [0.25, 0.3) is 17.0 Å². The van der Waals surface area contributed by atoms with Crippen LogP contribution in [0.15, 0.2) is 66.0 Å². The molecular formula is C18H12Cl2N4S. The van der Waals surface area contributed by atoms with Gasteiger partial charge in [-0.15, -0.1) is 5.10 Å². The monoisotopic (exact) mass is 386 g/mol. The summed E-state index contributed by atoms with van der Waals surface area (Å²) in [5.74, 6) is 1.16. The van der Waals surface area contributed by atoms with E-state index < -0.39 is 0 Å². The highest BCUT2D eigenvalue weighted by molar-refractivity contribution is 7.98. The second kappa shape index (κ2) is 7.04. The van der Waals surface area contributed by atoms with Gasteiger partial charge in [0.25, 0.3) is 5.78 Å². The summed E-state index contributed by atoms with van der Waals surface area (Å²) in [4.78, 5) is 8.79. The molecule has 0 saturated carbocycles. The smallest absolute Gasteiger partial charge is 0.220 e. The van der Waals surface area contributed by atoms with Crippen molar-refractivity contribution in [3.63, 3.8) is 0 Å². The molecule has 4 rings (SSSR count). The molecule has 124 valence electrons. The standard InChI is InChI=1S/C18H12Cl2N4S/c19-14-7-4-8-15(20)13(14)11-25-18-22-17-21-10-9-16(24(17)23-18)12-5-2-1-3-6-12/h1-10H,11H2. The van der Waals surface area contributed by atoms with Gasteiger partial charge in [0.15, 0.2) is 0 Å². The fourth-order valence-electron chi connectivity index (χ4n) is 2.47. The Balaban J connectivity index is 1.66. The Kier molecular flexibility index (Phi) is 4.61. The first kappa shape index (κ1) is 16.4. The zero-order valence-corrected chi connectivity index (χ0v) is 15.3. The van der Waals surface area contributed by atoms with Gasteiger partial charge in [0.05, 0.1) is 5.69 Å². The zero-order chi connectivity index (χ0) is 17.2. The summed E-state index contributed by atoms with van der Waals surface area (Å²) < 4.78 is 1.76. The second-order valence-corrected chi connectivity index (χ2v) is 7.05. The van der Waals surface area contributed by atoms with Crippen LogP contribution in [0.4, 0.5) is 0 Å². The lowest BCUT2D eigenvalue weighted by atomic mass is 10.1. The Morgan fingerprint density at radius 2 is 1.68 bits per heavy atom. The van der Waals surface area contributed by atoms with Crippen molar-refractivity contribution in [2.75, 3.05) is 0 Å². The van der Waals surface area contributed by atoms with Crippen LogP contribution in [0, 0.1) is 0 Å². The molecule has 0 unspecified atom stereocenters. The molecule has 0 N–H and O–H groups in total. The largest absolute Gasteiger partial charge is 0.253 e. The van der Waals surface area contributed by atoms with Gasteiger partial charge in [-0.3, -0.25) is 0 Å². The van der Waals surface area contributed by atoms with Gasteiger partial charge < -0.3 is 0 Å². The average molecular weight is 387 g/mol. The van der Waals surface area contributed by atoms with E-state index >= 15 is 0 Å². The Bertz CT molecular complexity index is 1010. The molecule has 2 aromatic carbocycles. The van der Waals surface area contributed by atoms with E-state index in [1.54, 1.807) is 10.7 Å². The van der Waals surface area contributed by atoms with Gasteiger partial charge in [0.2, 0.25) is 5.16 Å². The predicted molar refractivity (Wildman–Crippen MR) is 102 cm³/mol. The molecule has 4 nitrogen and oxygen atoms in total. The number of benzene rings is 2. The molecule has 0 fully saturated rings. The van der Waals surface area contributed by atoms with Crippen LogP contribution in [0.5, 0.6) is 0 Å². The summed E-state index contributed by atoms with van der Waals surface area (Å²) in [5.41, 5.74) is 2.89. The summed E-state index contributed by atoms with van der Waals surface area (Å²) in [6.45, 7) is 0. The summed E-state index contributed by atoms with van der Waals surface area (Å²) >= 11 is 13.9. The topological polar surface area (TPSA) is 43.1 Å². The lowest BCUT2D eigenvalue weighted by Crippen LogP contribution is -1.95. The third-order valence-corrected chi connectivity index (χ3v) is 5.27. The van der Waals surface area contributed by atoms with Crippen LogP contribution in [-0.2, 0) is 5.75 Å². The van der Waals surface area contributed by atoms with Crippen LogP contribution in [0.1, 0.15) is 5.56 Å². The molecule has 2 aromatic heterocycles. The van der Waals surface area contributed by atoms with Gasteiger partial charge >= 0.3 is 0 Å². The lowest BCUT2D eigenvalue weighted by molar-refractivity contribution is 0.886. The molecule has 0 aliphatic heterocycles. The van der Waals surface area contributed by atoms with E-state index in [4.69, 9.17) is 23.2 Å². The molecule has 0 bridgehead atoms. The van der Waals surface area contributed by atoms with Gasteiger partial charge in [-0.1, -0.05) is 71.4 Å². The van der Waals surface area contributed by atoms with E-state index in [0.29, 0.717) is 26.7 Å². The Hall–Kier alpha value is -2.08. The van der Waals surface area contributed by atoms with Gasteiger partial charge in [-0.2, -0.15) is 9.50 Å². The number of aromatic nitrogens is 4. The maximum atomic E-state index is 6.22. The van der Waals surface area contributed by atoms with Crippen LogP contribution >= 0.6 is 35.0 Å². The van der Waals surface area contributed by atoms with Gasteiger partial charge in [-0.05, 0) is 23.8 Å². The molecule has 2 heterocycles. The fraction of sp³-hybridized carbons (Fsp3) is 0.0556. The number of rotatable bonds is 4. The van der Waals surface area contributed by atoms with Gasteiger partial charge in [0.1, 0.15) is 0 Å². The molecule has 7 heteroatoms. The SMILES string of the molecule is Clc1cccc(Cl)c1CSc1nc2nccc(-c3ccccc3)n2n1. The van der Waals surface area contributed by atoms with Crippen molar-refractivity contribution in [1.29, 1.82) is 0 Å². The van der Waals surface area contributed by atoms with Crippen molar-refractivity contribution in [3.8, 4) is 11.3 Å². The molecular weight excluding hydrogens is 375 g/mol. The molecule has 0 amide bonds. The number of nitrogens with zero attached hydrogens (tertiary/aromatic N) is 4. The first-order valence-corrected chi connectivity index (χ1v) is 9.29. The van der Waals surface area contributed by atoms with Crippen molar-refractivity contribution in [1.82, 2.24) is 19.6 Å². The second-order valence-electron chi connectivity index (χ2n) is 5.29. The minimum absolute atomic E-state index is 0.564. The third-order valence-electron chi connectivity index (χ3n) is 3.70. The molecule has 25 heavy (non-hydrogen) atoms. The van der Waals surface area contributed by atoms with E-state index in [2.05, 4.69) is 15.1 Å². The average Bonchev–Trinajstić information content (AvgIpc) is 3.05. The summed E-state index contributed by atoms with van der Waals surface area (Å²) in [5, 5.41) is 6.51.